The van der Waals surface area contributed by atoms with Crippen LogP contribution < -0.4 is 16.0 Å². The highest BCUT2D eigenvalue weighted by molar-refractivity contribution is 5.86. The first-order valence-electron chi connectivity index (χ1n) is 7.61. The molecular weight excluding hydrogens is 274 g/mol. The summed E-state index contributed by atoms with van der Waals surface area (Å²) in [5.74, 6) is -0.971. The molecule has 0 aromatic heterocycles. The molecule has 1 heterocycles. The summed E-state index contributed by atoms with van der Waals surface area (Å²) in [5, 5.41) is 17.5. The number of carbonyl (C=O) groups excluding carboxylic acids is 2. The van der Waals surface area contributed by atoms with Crippen molar-refractivity contribution in [1.82, 2.24) is 16.0 Å². The lowest BCUT2D eigenvalue weighted by Gasteiger charge is -2.29. The zero-order valence-corrected chi connectivity index (χ0v) is 12.1. The van der Waals surface area contributed by atoms with Crippen LogP contribution in [0.2, 0.25) is 0 Å². The molecule has 0 radical (unpaired) electrons. The van der Waals surface area contributed by atoms with E-state index in [9.17, 15) is 19.5 Å². The van der Waals surface area contributed by atoms with E-state index < -0.39 is 17.5 Å². The van der Waals surface area contributed by atoms with Gasteiger partial charge in [-0.2, -0.15) is 0 Å². The predicted octanol–water partition coefficient (Wildman–Crippen LogP) is 0.742. The summed E-state index contributed by atoms with van der Waals surface area (Å²) in [6.07, 6.45) is 5.75. The Labute approximate surface area is 123 Å². The molecule has 7 heteroatoms. The number of hydrogen-bond donors (Lipinski definition) is 4. The van der Waals surface area contributed by atoms with E-state index in [1.54, 1.807) is 0 Å². The topological polar surface area (TPSA) is 108 Å². The molecule has 118 valence electrons. The van der Waals surface area contributed by atoms with Gasteiger partial charge in [0.15, 0.2) is 0 Å². The fourth-order valence-electron chi connectivity index (χ4n) is 3.03. The van der Waals surface area contributed by atoms with E-state index in [-0.39, 0.29) is 11.9 Å². The molecule has 7 nitrogen and oxygen atoms in total. The first kappa shape index (κ1) is 15.6. The molecule has 2 fully saturated rings. The third-order valence-electron chi connectivity index (χ3n) is 4.31. The number of amides is 3. The van der Waals surface area contributed by atoms with E-state index in [0.717, 1.165) is 25.7 Å². The number of carboxylic acid groups (broad SMARTS) is 1. The van der Waals surface area contributed by atoms with Crippen LogP contribution in [0, 0.1) is 0 Å². The zero-order chi connectivity index (χ0) is 15.3. The van der Waals surface area contributed by atoms with Crippen LogP contribution in [-0.4, -0.2) is 41.1 Å². The van der Waals surface area contributed by atoms with Crippen LogP contribution in [0.5, 0.6) is 0 Å². The molecule has 0 aromatic rings. The predicted molar refractivity (Wildman–Crippen MR) is 75.8 cm³/mol. The van der Waals surface area contributed by atoms with Crippen molar-refractivity contribution in [2.24, 2.45) is 0 Å². The van der Waals surface area contributed by atoms with Crippen molar-refractivity contribution in [3.05, 3.63) is 0 Å². The second-order valence-electron chi connectivity index (χ2n) is 5.94. The van der Waals surface area contributed by atoms with Crippen LogP contribution in [0.3, 0.4) is 0 Å². The van der Waals surface area contributed by atoms with Crippen molar-refractivity contribution in [2.45, 2.75) is 62.9 Å². The maximum absolute atomic E-state index is 12.0. The van der Waals surface area contributed by atoms with Crippen LogP contribution in [0.25, 0.3) is 0 Å². The fourth-order valence-corrected chi connectivity index (χ4v) is 3.03. The zero-order valence-electron chi connectivity index (χ0n) is 12.1. The van der Waals surface area contributed by atoms with Gasteiger partial charge in [-0.05, 0) is 19.3 Å². The van der Waals surface area contributed by atoms with Crippen molar-refractivity contribution in [1.29, 1.82) is 0 Å². The molecular formula is C14H23N3O4. The van der Waals surface area contributed by atoms with Crippen LogP contribution in [0.1, 0.15) is 51.4 Å². The Morgan fingerprint density at radius 1 is 1.24 bits per heavy atom. The average Bonchev–Trinajstić information content (AvgIpc) is 2.71. The van der Waals surface area contributed by atoms with Crippen molar-refractivity contribution in [3.63, 3.8) is 0 Å². The summed E-state index contributed by atoms with van der Waals surface area (Å²) in [4.78, 5) is 34.6. The lowest BCUT2D eigenvalue weighted by atomic mass is 9.90. The smallest absolute Gasteiger partial charge is 0.329 e. The summed E-state index contributed by atoms with van der Waals surface area (Å²) in [6.45, 7) is 0.327. The number of aliphatic carboxylic acids is 1. The highest BCUT2D eigenvalue weighted by Gasteiger charge is 2.40. The minimum absolute atomic E-state index is 0.00650. The third-order valence-corrected chi connectivity index (χ3v) is 4.31. The first-order valence-corrected chi connectivity index (χ1v) is 7.61. The Bertz CT molecular complexity index is 416. The second-order valence-corrected chi connectivity index (χ2v) is 5.94. The molecule has 1 aliphatic heterocycles. The van der Waals surface area contributed by atoms with Gasteiger partial charge in [0.1, 0.15) is 5.54 Å². The molecule has 21 heavy (non-hydrogen) atoms. The molecule has 1 atom stereocenters. The Hall–Kier alpha value is -1.79. The van der Waals surface area contributed by atoms with Crippen molar-refractivity contribution in [2.75, 3.05) is 6.54 Å². The van der Waals surface area contributed by atoms with Crippen LogP contribution in [0.4, 0.5) is 4.79 Å². The molecule has 0 aromatic carbocycles. The Kier molecular flexibility index (Phi) is 5.03. The van der Waals surface area contributed by atoms with Crippen LogP contribution in [-0.2, 0) is 9.59 Å². The van der Waals surface area contributed by atoms with Gasteiger partial charge in [0.2, 0.25) is 5.91 Å². The van der Waals surface area contributed by atoms with Gasteiger partial charge in [0, 0.05) is 19.0 Å². The summed E-state index contributed by atoms with van der Waals surface area (Å²) in [5.41, 5.74) is -1.15. The standard InChI is InChI=1S/C14H23N3O4/c18-11-6-5-10(16-11)9-15-13(21)17-14(12(19)20)7-3-1-2-4-8-14/h10H,1-9H2,(H,16,18)(H,19,20)(H2,15,17,21). The number of nitrogens with one attached hydrogen (secondary N) is 3. The Balaban J connectivity index is 1.86. The van der Waals surface area contributed by atoms with Crippen LogP contribution >= 0.6 is 0 Å². The minimum Gasteiger partial charge on any atom is -0.480 e. The van der Waals surface area contributed by atoms with E-state index in [0.29, 0.717) is 32.2 Å². The number of carboxylic acids is 1. The molecule has 4 N–H and O–H groups in total. The summed E-state index contributed by atoms with van der Waals surface area (Å²) >= 11 is 0. The highest BCUT2D eigenvalue weighted by atomic mass is 16.4. The molecule has 2 aliphatic rings. The molecule has 0 spiro atoms. The van der Waals surface area contributed by atoms with E-state index >= 15 is 0 Å². The van der Waals surface area contributed by atoms with Gasteiger partial charge in [-0.15, -0.1) is 0 Å². The molecule has 1 saturated heterocycles. The maximum atomic E-state index is 12.0. The molecule has 1 saturated carbocycles. The first-order chi connectivity index (χ1) is 10.0. The average molecular weight is 297 g/mol. The van der Waals surface area contributed by atoms with Gasteiger partial charge < -0.3 is 21.1 Å². The molecule has 1 aliphatic carbocycles. The molecule has 1 unspecified atom stereocenters. The van der Waals surface area contributed by atoms with E-state index in [1.165, 1.54) is 0 Å². The van der Waals surface area contributed by atoms with Gasteiger partial charge in [0.05, 0.1) is 0 Å². The fraction of sp³-hybridized carbons (Fsp3) is 0.786. The van der Waals surface area contributed by atoms with Gasteiger partial charge in [-0.1, -0.05) is 25.7 Å². The Morgan fingerprint density at radius 3 is 2.43 bits per heavy atom. The van der Waals surface area contributed by atoms with Gasteiger partial charge >= 0.3 is 12.0 Å². The summed E-state index contributed by atoms with van der Waals surface area (Å²) < 4.78 is 0. The minimum atomic E-state index is -1.15. The molecule has 3 amide bonds. The third kappa shape index (κ3) is 4.09. The summed E-state index contributed by atoms with van der Waals surface area (Å²) in [7, 11) is 0. The molecule has 2 rings (SSSR count). The number of hydrogen-bond acceptors (Lipinski definition) is 3. The monoisotopic (exact) mass is 297 g/mol. The van der Waals surface area contributed by atoms with Gasteiger partial charge in [-0.25, -0.2) is 9.59 Å². The largest absolute Gasteiger partial charge is 0.480 e. The van der Waals surface area contributed by atoms with Gasteiger partial charge in [-0.3, -0.25) is 4.79 Å². The SMILES string of the molecule is O=C1CCC(CNC(=O)NC2(C(=O)O)CCCCCC2)N1. The number of carbonyl (C=O) groups is 3. The maximum Gasteiger partial charge on any atom is 0.329 e. The summed E-state index contributed by atoms with van der Waals surface area (Å²) in [6, 6.07) is -0.529. The second kappa shape index (κ2) is 6.78. The van der Waals surface area contributed by atoms with E-state index in [1.807, 2.05) is 0 Å². The Morgan fingerprint density at radius 2 is 1.90 bits per heavy atom. The lowest BCUT2D eigenvalue weighted by molar-refractivity contribution is -0.145. The quantitative estimate of drug-likeness (QED) is 0.574. The van der Waals surface area contributed by atoms with Crippen LogP contribution in [0.15, 0.2) is 0 Å². The normalized spacial score (nSPS) is 24.8. The molecule has 0 bridgehead atoms. The van der Waals surface area contributed by atoms with Crippen molar-refractivity contribution < 1.29 is 19.5 Å². The van der Waals surface area contributed by atoms with E-state index in [4.69, 9.17) is 0 Å². The van der Waals surface area contributed by atoms with Crippen molar-refractivity contribution >= 4 is 17.9 Å². The number of rotatable bonds is 4. The van der Waals surface area contributed by atoms with Gasteiger partial charge in [0.25, 0.3) is 0 Å². The highest BCUT2D eigenvalue weighted by Crippen LogP contribution is 2.27. The van der Waals surface area contributed by atoms with Crippen molar-refractivity contribution in [3.8, 4) is 0 Å². The van der Waals surface area contributed by atoms with E-state index in [2.05, 4.69) is 16.0 Å². The lowest BCUT2D eigenvalue weighted by Crippen LogP contribution is -2.57. The number of urea groups is 1.